The van der Waals surface area contributed by atoms with Gasteiger partial charge in [0.2, 0.25) is 0 Å². The third-order valence-electron chi connectivity index (χ3n) is 3.21. The number of pyridine rings is 1. The predicted octanol–water partition coefficient (Wildman–Crippen LogP) is 2.14. The molecular formula is C17H17N3O4S. The molecule has 1 aromatic heterocycles. The minimum Gasteiger partial charge on any atom is -0.465 e. The quantitative estimate of drug-likeness (QED) is 0.620. The molecule has 130 valence electrons. The van der Waals surface area contributed by atoms with Gasteiger partial charge in [0.25, 0.3) is 0 Å². The van der Waals surface area contributed by atoms with Crippen LogP contribution in [0.15, 0.2) is 42.7 Å². The number of hydrogen-bond donors (Lipinski definition) is 2. The predicted molar refractivity (Wildman–Crippen MR) is 96.4 cm³/mol. The Hall–Kier alpha value is -3.00. The van der Waals surface area contributed by atoms with E-state index < -0.39 is 11.9 Å². The average molecular weight is 359 g/mol. The monoisotopic (exact) mass is 359 g/mol. The fourth-order valence-corrected chi connectivity index (χ4v) is 2.22. The van der Waals surface area contributed by atoms with E-state index in [-0.39, 0.29) is 11.1 Å². The van der Waals surface area contributed by atoms with Crippen LogP contribution in [0, 0.1) is 0 Å². The highest BCUT2D eigenvalue weighted by molar-refractivity contribution is 7.80. The second kappa shape index (κ2) is 8.74. The van der Waals surface area contributed by atoms with Crippen LogP contribution in [0.3, 0.4) is 0 Å². The van der Waals surface area contributed by atoms with Gasteiger partial charge in [-0.1, -0.05) is 6.07 Å². The number of nitrogens with one attached hydrogen (secondary N) is 2. The van der Waals surface area contributed by atoms with Crippen LogP contribution in [0.5, 0.6) is 0 Å². The lowest BCUT2D eigenvalue weighted by Crippen LogP contribution is -2.28. The molecule has 25 heavy (non-hydrogen) atoms. The first-order valence-corrected chi connectivity index (χ1v) is 7.69. The van der Waals surface area contributed by atoms with Crippen molar-refractivity contribution in [2.45, 2.75) is 6.54 Å². The number of benzene rings is 1. The Balaban J connectivity index is 2.12. The zero-order valence-electron chi connectivity index (χ0n) is 13.7. The zero-order chi connectivity index (χ0) is 18.2. The lowest BCUT2D eigenvalue weighted by molar-refractivity contribution is 0.0599. The molecule has 0 spiro atoms. The van der Waals surface area contributed by atoms with Crippen molar-refractivity contribution in [3.05, 3.63) is 59.4 Å². The van der Waals surface area contributed by atoms with Crippen LogP contribution in [0.1, 0.15) is 26.3 Å². The molecule has 0 saturated carbocycles. The Bertz CT molecular complexity index is 746. The number of carbonyl (C=O) groups excluding carboxylic acids is 2. The van der Waals surface area contributed by atoms with Crippen LogP contribution in [0.4, 0.5) is 5.69 Å². The van der Waals surface area contributed by atoms with E-state index in [0.29, 0.717) is 17.3 Å². The SMILES string of the molecule is COC(=O)c1cc(NC(=S)NCc2cccnc2)cc(C(=O)OC)c1. The van der Waals surface area contributed by atoms with E-state index in [2.05, 4.69) is 15.6 Å². The highest BCUT2D eigenvalue weighted by atomic mass is 32.1. The molecule has 7 nitrogen and oxygen atoms in total. The van der Waals surface area contributed by atoms with Crippen molar-refractivity contribution in [1.29, 1.82) is 0 Å². The molecule has 0 radical (unpaired) electrons. The van der Waals surface area contributed by atoms with Gasteiger partial charge >= 0.3 is 11.9 Å². The number of thiocarbonyl (C=S) groups is 1. The third kappa shape index (κ3) is 5.25. The van der Waals surface area contributed by atoms with Crippen molar-refractivity contribution in [2.75, 3.05) is 19.5 Å². The van der Waals surface area contributed by atoms with Crippen molar-refractivity contribution in [3.8, 4) is 0 Å². The maximum absolute atomic E-state index is 11.8. The average Bonchev–Trinajstić information content (AvgIpc) is 2.65. The molecule has 0 bridgehead atoms. The normalized spacial score (nSPS) is 9.84. The summed E-state index contributed by atoms with van der Waals surface area (Å²) in [6.45, 7) is 0.486. The van der Waals surface area contributed by atoms with Gasteiger partial charge in [0.05, 0.1) is 25.3 Å². The number of methoxy groups -OCH3 is 2. The van der Waals surface area contributed by atoms with Gasteiger partial charge in [-0.2, -0.15) is 0 Å². The fourth-order valence-electron chi connectivity index (χ4n) is 2.03. The summed E-state index contributed by atoms with van der Waals surface area (Å²) >= 11 is 5.23. The van der Waals surface area contributed by atoms with E-state index in [9.17, 15) is 9.59 Å². The molecule has 0 aliphatic rings. The van der Waals surface area contributed by atoms with Crippen molar-refractivity contribution in [3.63, 3.8) is 0 Å². The molecule has 0 aliphatic heterocycles. The summed E-state index contributed by atoms with van der Waals surface area (Å²) in [4.78, 5) is 27.6. The molecule has 2 rings (SSSR count). The summed E-state index contributed by atoms with van der Waals surface area (Å²) in [5.74, 6) is -1.13. The van der Waals surface area contributed by atoms with E-state index in [1.54, 1.807) is 12.4 Å². The first kappa shape index (κ1) is 18.3. The van der Waals surface area contributed by atoms with Gasteiger partial charge in [0.1, 0.15) is 0 Å². The van der Waals surface area contributed by atoms with Gasteiger partial charge in [0.15, 0.2) is 5.11 Å². The number of carbonyl (C=O) groups is 2. The van der Waals surface area contributed by atoms with Gasteiger partial charge in [-0.25, -0.2) is 9.59 Å². The number of anilines is 1. The van der Waals surface area contributed by atoms with Crippen molar-refractivity contribution >= 4 is 35.0 Å². The fraction of sp³-hybridized carbons (Fsp3) is 0.176. The molecule has 2 N–H and O–H groups in total. The van der Waals surface area contributed by atoms with Crippen LogP contribution < -0.4 is 10.6 Å². The van der Waals surface area contributed by atoms with Crippen LogP contribution in [-0.2, 0) is 16.0 Å². The van der Waals surface area contributed by atoms with E-state index >= 15 is 0 Å². The van der Waals surface area contributed by atoms with Gasteiger partial charge in [-0.05, 0) is 42.0 Å². The Kier molecular flexibility index (Phi) is 6.41. The minimum absolute atomic E-state index is 0.211. The molecule has 0 aliphatic carbocycles. The molecule has 1 heterocycles. The third-order valence-corrected chi connectivity index (χ3v) is 3.46. The highest BCUT2D eigenvalue weighted by Crippen LogP contribution is 2.17. The van der Waals surface area contributed by atoms with Gasteiger partial charge in [0, 0.05) is 24.6 Å². The lowest BCUT2D eigenvalue weighted by Gasteiger charge is -2.12. The van der Waals surface area contributed by atoms with Gasteiger partial charge < -0.3 is 20.1 Å². The summed E-state index contributed by atoms with van der Waals surface area (Å²) in [6.07, 6.45) is 3.41. The summed E-state index contributed by atoms with van der Waals surface area (Å²) in [5, 5.41) is 6.29. The first-order chi connectivity index (χ1) is 12.0. The van der Waals surface area contributed by atoms with E-state index in [1.807, 2.05) is 12.1 Å². The van der Waals surface area contributed by atoms with Crippen LogP contribution in [0.25, 0.3) is 0 Å². The number of hydrogen-bond acceptors (Lipinski definition) is 6. The molecule has 0 atom stereocenters. The number of esters is 2. The first-order valence-electron chi connectivity index (χ1n) is 7.29. The number of rotatable bonds is 5. The van der Waals surface area contributed by atoms with E-state index in [4.69, 9.17) is 21.7 Å². The largest absolute Gasteiger partial charge is 0.465 e. The zero-order valence-corrected chi connectivity index (χ0v) is 14.6. The van der Waals surface area contributed by atoms with E-state index in [0.717, 1.165) is 5.56 Å². The smallest absolute Gasteiger partial charge is 0.337 e. The van der Waals surface area contributed by atoms with Crippen LogP contribution >= 0.6 is 12.2 Å². The molecule has 0 fully saturated rings. The van der Waals surface area contributed by atoms with Gasteiger partial charge in [-0.3, -0.25) is 4.98 Å². The van der Waals surface area contributed by atoms with Crippen LogP contribution in [-0.4, -0.2) is 36.3 Å². The van der Waals surface area contributed by atoms with E-state index in [1.165, 1.54) is 32.4 Å². The second-order valence-electron chi connectivity index (χ2n) is 4.95. The second-order valence-corrected chi connectivity index (χ2v) is 5.36. The van der Waals surface area contributed by atoms with Crippen LogP contribution in [0.2, 0.25) is 0 Å². The topological polar surface area (TPSA) is 89.5 Å². The summed E-state index contributed by atoms with van der Waals surface area (Å²) < 4.78 is 9.39. The summed E-state index contributed by atoms with van der Waals surface area (Å²) in [7, 11) is 2.53. The Morgan fingerprint density at radius 3 is 2.28 bits per heavy atom. The summed E-state index contributed by atoms with van der Waals surface area (Å²) in [5.41, 5.74) is 1.85. The molecule has 0 amide bonds. The minimum atomic E-state index is -0.567. The molecule has 0 unspecified atom stereocenters. The number of aromatic nitrogens is 1. The summed E-state index contributed by atoms with van der Waals surface area (Å²) in [6, 6.07) is 8.22. The van der Waals surface area contributed by atoms with Crippen molar-refractivity contribution < 1.29 is 19.1 Å². The van der Waals surface area contributed by atoms with Gasteiger partial charge in [-0.15, -0.1) is 0 Å². The van der Waals surface area contributed by atoms with Crippen molar-refractivity contribution in [2.24, 2.45) is 0 Å². The maximum Gasteiger partial charge on any atom is 0.337 e. The molecule has 2 aromatic rings. The standard InChI is InChI=1S/C17H17N3O4S/c1-23-15(21)12-6-13(16(22)24-2)8-14(7-12)20-17(25)19-10-11-4-3-5-18-9-11/h3-9H,10H2,1-2H3,(H2,19,20,25). The number of ether oxygens (including phenoxy) is 2. The Morgan fingerprint density at radius 2 is 1.76 bits per heavy atom. The maximum atomic E-state index is 11.8. The lowest BCUT2D eigenvalue weighted by atomic mass is 10.1. The Labute approximate surface area is 150 Å². The Morgan fingerprint density at radius 1 is 1.12 bits per heavy atom. The number of nitrogens with zero attached hydrogens (tertiary/aromatic N) is 1. The molecule has 1 aromatic carbocycles. The molecular weight excluding hydrogens is 342 g/mol. The molecule has 8 heteroatoms. The molecule has 0 saturated heterocycles. The highest BCUT2D eigenvalue weighted by Gasteiger charge is 2.14. The van der Waals surface area contributed by atoms with Crippen molar-refractivity contribution in [1.82, 2.24) is 10.3 Å².